The summed E-state index contributed by atoms with van der Waals surface area (Å²) in [7, 11) is 0. The van der Waals surface area contributed by atoms with Crippen molar-refractivity contribution in [2.24, 2.45) is 5.92 Å². The lowest BCUT2D eigenvalue weighted by atomic mass is 10.00. The van der Waals surface area contributed by atoms with Gasteiger partial charge in [-0.05, 0) is 13.3 Å². The van der Waals surface area contributed by atoms with Gasteiger partial charge in [0.2, 0.25) is 5.79 Å². The molecule has 0 N–H and O–H groups in total. The van der Waals surface area contributed by atoms with Crippen molar-refractivity contribution in [3.05, 3.63) is 12.2 Å². The Labute approximate surface area is 85.1 Å². The van der Waals surface area contributed by atoms with Crippen molar-refractivity contribution in [1.82, 2.24) is 0 Å². The molecule has 1 fully saturated rings. The first-order valence-corrected chi connectivity index (χ1v) is 5.01. The van der Waals surface area contributed by atoms with E-state index in [1.54, 1.807) is 6.92 Å². The molecule has 80 valence electrons. The smallest absolute Gasteiger partial charge is 0.335 e. The fourth-order valence-electron chi connectivity index (χ4n) is 1.53. The molecule has 0 bridgehead atoms. The molecule has 3 nitrogen and oxygen atoms in total. The molecule has 0 aromatic heterocycles. The van der Waals surface area contributed by atoms with Gasteiger partial charge in [0.05, 0.1) is 6.61 Å². The number of esters is 1. The molecule has 1 atom stereocenters. The Hall–Kier alpha value is -0.830. The summed E-state index contributed by atoms with van der Waals surface area (Å²) in [6, 6.07) is 0. The van der Waals surface area contributed by atoms with Gasteiger partial charge in [-0.25, -0.2) is 4.79 Å². The average molecular weight is 198 g/mol. The molecule has 0 radical (unpaired) electrons. The van der Waals surface area contributed by atoms with Gasteiger partial charge in [0.15, 0.2) is 0 Å². The van der Waals surface area contributed by atoms with Crippen LogP contribution in [0.2, 0.25) is 0 Å². The predicted molar refractivity (Wildman–Crippen MR) is 53.7 cm³/mol. The Morgan fingerprint density at radius 1 is 1.57 bits per heavy atom. The van der Waals surface area contributed by atoms with E-state index in [0.717, 1.165) is 12.8 Å². The summed E-state index contributed by atoms with van der Waals surface area (Å²) in [6.07, 6.45) is 1.73. The Bertz CT molecular complexity index is 237. The standard InChI is InChI=1S/C11H18O3/c1-8(2)10(12)14-11(9(3)4)6-5-7-13-11/h9H,1,5-7H2,2-4H3. The van der Waals surface area contributed by atoms with Gasteiger partial charge in [-0.3, -0.25) is 0 Å². The predicted octanol–water partition coefficient (Wildman–Crippen LogP) is 2.27. The summed E-state index contributed by atoms with van der Waals surface area (Å²) in [4.78, 5) is 11.4. The molecule has 1 rings (SSSR count). The first-order valence-electron chi connectivity index (χ1n) is 5.01. The number of carbonyl (C=O) groups excluding carboxylic acids is 1. The van der Waals surface area contributed by atoms with Crippen LogP contribution in [-0.4, -0.2) is 18.4 Å². The number of hydrogen-bond acceptors (Lipinski definition) is 3. The normalized spacial score (nSPS) is 26.6. The fraction of sp³-hybridized carbons (Fsp3) is 0.727. The molecule has 0 amide bonds. The molecule has 1 heterocycles. The van der Waals surface area contributed by atoms with E-state index in [0.29, 0.717) is 12.2 Å². The highest BCUT2D eigenvalue weighted by Gasteiger charge is 2.42. The second-order valence-corrected chi connectivity index (χ2v) is 4.09. The Morgan fingerprint density at radius 3 is 2.57 bits per heavy atom. The molecule has 0 saturated carbocycles. The van der Waals surface area contributed by atoms with Crippen LogP contribution in [0.3, 0.4) is 0 Å². The van der Waals surface area contributed by atoms with Crippen LogP contribution in [0.15, 0.2) is 12.2 Å². The summed E-state index contributed by atoms with van der Waals surface area (Å²) in [5.74, 6) is -0.898. The molecule has 1 aliphatic rings. The highest BCUT2D eigenvalue weighted by atomic mass is 16.7. The monoisotopic (exact) mass is 198 g/mol. The van der Waals surface area contributed by atoms with Gasteiger partial charge >= 0.3 is 5.97 Å². The number of hydrogen-bond donors (Lipinski definition) is 0. The third kappa shape index (κ3) is 2.15. The first kappa shape index (κ1) is 11.2. The van der Waals surface area contributed by atoms with Crippen molar-refractivity contribution >= 4 is 5.97 Å². The summed E-state index contributed by atoms with van der Waals surface area (Å²) in [5.41, 5.74) is 0.417. The van der Waals surface area contributed by atoms with Crippen molar-refractivity contribution in [1.29, 1.82) is 0 Å². The largest absolute Gasteiger partial charge is 0.429 e. The lowest BCUT2D eigenvalue weighted by molar-refractivity contribution is -0.227. The molecule has 1 aliphatic heterocycles. The summed E-state index contributed by atoms with van der Waals surface area (Å²) < 4.78 is 10.9. The van der Waals surface area contributed by atoms with Gasteiger partial charge in [-0.1, -0.05) is 20.4 Å². The van der Waals surface area contributed by atoms with Crippen LogP contribution >= 0.6 is 0 Å². The first-order chi connectivity index (χ1) is 6.48. The maximum atomic E-state index is 11.4. The summed E-state index contributed by atoms with van der Waals surface area (Å²) in [5, 5.41) is 0. The molecule has 0 aromatic carbocycles. The topological polar surface area (TPSA) is 35.5 Å². The zero-order chi connectivity index (χ0) is 10.8. The Kier molecular flexibility index (Phi) is 3.32. The molecule has 0 spiro atoms. The molecule has 0 aliphatic carbocycles. The highest BCUT2D eigenvalue weighted by Crippen LogP contribution is 2.34. The fourth-order valence-corrected chi connectivity index (χ4v) is 1.53. The van der Waals surface area contributed by atoms with E-state index < -0.39 is 5.79 Å². The van der Waals surface area contributed by atoms with Gasteiger partial charge in [0.25, 0.3) is 0 Å². The van der Waals surface area contributed by atoms with Crippen molar-refractivity contribution in [2.45, 2.75) is 39.4 Å². The van der Waals surface area contributed by atoms with Gasteiger partial charge in [-0.2, -0.15) is 0 Å². The van der Waals surface area contributed by atoms with Gasteiger partial charge in [-0.15, -0.1) is 0 Å². The molecule has 1 unspecified atom stereocenters. The lowest BCUT2D eigenvalue weighted by Crippen LogP contribution is -2.39. The van der Waals surface area contributed by atoms with Crippen LogP contribution in [0.25, 0.3) is 0 Å². The SMILES string of the molecule is C=C(C)C(=O)OC1(C(C)C)CCCO1. The minimum Gasteiger partial charge on any atom is -0.429 e. The quantitative estimate of drug-likeness (QED) is 0.515. The van der Waals surface area contributed by atoms with Crippen molar-refractivity contribution in [3.63, 3.8) is 0 Å². The number of rotatable bonds is 3. The zero-order valence-electron chi connectivity index (χ0n) is 9.13. The average Bonchev–Trinajstić information content (AvgIpc) is 2.53. The molecule has 14 heavy (non-hydrogen) atoms. The van der Waals surface area contributed by atoms with Crippen LogP contribution < -0.4 is 0 Å². The second kappa shape index (κ2) is 4.13. The Balaban J connectivity index is 2.70. The molecule has 1 saturated heterocycles. The van der Waals surface area contributed by atoms with E-state index in [4.69, 9.17) is 9.47 Å². The molecule has 3 heteroatoms. The van der Waals surface area contributed by atoms with E-state index in [9.17, 15) is 4.79 Å². The minimum atomic E-state index is -0.712. The maximum Gasteiger partial charge on any atom is 0.335 e. The van der Waals surface area contributed by atoms with Gasteiger partial charge in [0, 0.05) is 17.9 Å². The van der Waals surface area contributed by atoms with E-state index in [2.05, 4.69) is 6.58 Å². The van der Waals surface area contributed by atoms with Crippen LogP contribution in [0, 0.1) is 5.92 Å². The van der Waals surface area contributed by atoms with E-state index in [-0.39, 0.29) is 11.9 Å². The van der Waals surface area contributed by atoms with Crippen LogP contribution in [0.5, 0.6) is 0 Å². The molecular weight excluding hydrogens is 180 g/mol. The number of ether oxygens (including phenoxy) is 2. The zero-order valence-corrected chi connectivity index (χ0v) is 9.13. The third-order valence-corrected chi connectivity index (χ3v) is 2.51. The van der Waals surface area contributed by atoms with Crippen LogP contribution in [-0.2, 0) is 14.3 Å². The number of carbonyl (C=O) groups is 1. The van der Waals surface area contributed by atoms with Gasteiger partial charge in [0.1, 0.15) is 0 Å². The van der Waals surface area contributed by atoms with Crippen LogP contribution in [0.1, 0.15) is 33.6 Å². The van der Waals surface area contributed by atoms with E-state index in [1.807, 2.05) is 13.8 Å². The van der Waals surface area contributed by atoms with Crippen molar-refractivity contribution in [2.75, 3.05) is 6.61 Å². The summed E-state index contributed by atoms with van der Waals surface area (Å²) in [6.45, 7) is 9.86. The molecule has 0 aromatic rings. The van der Waals surface area contributed by atoms with Gasteiger partial charge < -0.3 is 9.47 Å². The summed E-state index contributed by atoms with van der Waals surface area (Å²) >= 11 is 0. The third-order valence-electron chi connectivity index (χ3n) is 2.51. The van der Waals surface area contributed by atoms with Crippen molar-refractivity contribution < 1.29 is 14.3 Å². The van der Waals surface area contributed by atoms with Crippen LogP contribution in [0.4, 0.5) is 0 Å². The Morgan fingerprint density at radius 2 is 2.21 bits per heavy atom. The second-order valence-electron chi connectivity index (χ2n) is 4.09. The van der Waals surface area contributed by atoms with E-state index >= 15 is 0 Å². The highest BCUT2D eigenvalue weighted by molar-refractivity contribution is 5.87. The minimum absolute atomic E-state index is 0.174. The lowest BCUT2D eigenvalue weighted by Gasteiger charge is -2.31. The van der Waals surface area contributed by atoms with Crippen molar-refractivity contribution in [3.8, 4) is 0 Å². The van der Waals surface area contributed by atoms with E-state index in [1.165, 1.54) is 0 Å². The molecular formula is C11H18O3. The maximum absolute atomic E-state index is 11.4.